The van der Waals surface area contributed by atoms with E-state index in [1.54, 1.807) is 0 Å². The van der Waals surface area contributed by atoms with Crippen molar-refractivity contribution in [2.75, 3.05) is 52.9 Å². The van der Waals surface area contributed by atoms with Crippen LogP contribution in [0.5, 0.6) is 0 Å². The standard InChI is InChI=1S/C25H52O2.C20H42O2.C9H20/c1-5-9-13-15-19-25(20-16-14-10-6-2,23-26-21-17-11-7-3)24-27-22-18-12-8-4;1-5-8-11-12-15-20(4,18-21-16-13-9-6-2)19-22-17-14-10-7-3;1-3-5-7-9-8-6-4-2/h5-24H2,1-4H3;5-19H2,1-4H3;3-9H2,1-2H3. The Balaban J connectivity index is -0.000000872. The molecule has 0 radical (unpaired) electrons. The van der Waals surface area contributed by atoms with Crippen LogP contribution >= 0.6 is 0 Å². The van der Waals surface area contributed by atoms with Gasteiger partial charge in [-0.3, -0.25) is 0 Å². The third kappa shape index (κ3) is 48.5. The van der Waals surface area contributed by atoms with Crippen molar-refractivity contribution in [3.63, 3.8) is 0 Å². The molecule has 0 aromatic heterocycles. The highest BCUT2D eigenvalue weighted by molar-refractivity contribution is 4.80. The Morgan fingerprint density at radius 2 is 0.466 bits per heavy atom. The van der Waals surface area contributed by atoms with E-state index in [4.69, 9.17) is 18.9 Å². The fourth-order valence-corrected chi connectivity index (χ4v) is 7.53. The van der Waals surface area contributed by atoms with Crippen LogP contribution in [-0.2, 0) is 18.9 Å². The predicted molar refractivity (Wildman–Crippen MR) is 262 cm³/mol. The second-order valence-electron chi connectivity index (χ2n) is 18.5. The molecule has 4 nitrogen and oxygen atoms in total. The maximum atomic E-state index is 6.21. The van der Waals surface area contributed by atoms with Gasteiger partial charge in [0.1, 0.15) is 0 Å². The molecule has 0 saturated heterocycles. The van der Waals surface area contributed by atoms with Crippen LogP contribution < -0.4 is 0 Å². The van der Waals surface area contributed by atoms with Crippen LogP contribution in [0.3, 0.4) is 0 Å². The monoisotopic (exact) mass is 827 g/mol. The van der Waals surface area contributed by atoms with Gasteiger partial charge in [0.2, 0.25) is 0 Å². The molecule has 0 aliphatic carbocycles. The normalized spacial score (nSPS) is 11.7. The van der Waals surface area contributed by atoms with Crippen molar-refractivity contribution in [2.24, 2.45) is 10.8 Å². The molecule has 0 saturated carbocycles. The highest BCUT2D eigenvalue weighted by Gasteiger charge is 2.30. The van der Waals surface area contributed by atoms with Crippen LogP contribution in [-0.4, -0.2) is 52.9 Å². The molecule has 0 bridgehead atoms. The van der Waals surface area contributed by atoms with Crippen molar-refractivity contribution >= 4 is 0 Å². The molecule has 0 fully saturated rings. The van der Waals surface area contributed by atoms with E-state index in [1.165, 1.54) is 218 Å². The van der Waals surface area contributed by atoms with Gasteiger partial charge in [0, 0.05) is 37.3 Å². The van der Waals surface area contributed by atoms with E-state index in [0.717, 1.165) is 52.9 Å². The first kappa shape index (κ1) is 62.1. The van der Waals surface area contributed by atoms with Crippen molar-refractivity contribution < 1.29 is 18.9 Å². The predicted octanol–water partition coefficient (Wildman–Crippen LogP) is 18.5. The van der Waals surface area contributed by atoms with Crippen LogP contribution in [0.2, 0.25) is 0 Å². The first-order chi connectivity index (χ1) is 28.3. The van der Waals surface area contributed by atoms with Gasteiger partial charge in [-0.2, -0.15) is 0 Å². The molecule has 0 aliphatic heterocycles. The summed E-state index contributed by atoms with van der Waals surface area (Å²) in [4.78, 5) is 0. The van der Waals surface area contributed by atoms with E-state index >= 15 is 0 Å². The molecule has 4 heteroatoms. The molecular weight excluding hydrogens is 713 g/mol. The Hall–Kier alpha value is -0.160. The average molecular weight is 828 g/mol. The van der Waals surface area contributed by atoms with Gasteiger partial charge in [0.05, 0.1) is 26.4 Å². The molecule has 0 N–H and O–H groups in total. The average Bonchev–Trinajstić information content (AvgIpc) is 3.23. The zero-order chi connectivity index (χ0) is 43.5. The van der Waals surface area contributed by atoms with Gasteiger partial charge in [0.25, 0.3) is 0 Å². The zero-order valence-corrected chi connectivity index (χ0v) is 42.3. The molecular formula is C54H114O4. The van der Waals surface area contributed by atoms with Crippen molar-refractivity contribution in [3.05, 3.63) is 0 Å². The molecule has 0 aromatic carbocycles. The Bertz CT molecular complexity index is 649. The third-order valence-corrected chi connectivity index (χ3v) is 11.7. The molecule has 58 heavy (non-hydrogen) atoms. The van der Waals surface area contributed by atoms with Crippen LogP contribution in [0.4, 0.5) is 0 Å². The van der Waals surface area contributed by atoms with Gasteiger partial charge in [-0.25, -0.2) is 0 Å². The highest BCUT2D eigenvalue weighted by atomic mass is 16.5. The van der Waals surface area contributed by atoms with Crippen molar-refractivity contribution in [1.82, 2.24) is 0 Å². The van der Waals surface area contributed by atoms with Crippen molar-refractivity contribution in [3.8, 4) is 0 Å². The molecule has 0 unspecified atom stereocenters. The fraction of sp³-hybridized carbons (Fsp3) is 1.00. The molecule has 0 aliphatic rings. The largest absolute Gasteiger partial charge is 0.381 e. The van der Waals surface area contributed by atoms with Crippen LogP contribution in [0, 0.1) is 10.8 Å². The molecule has 0 spiro atoms. The summed E-state index contributed by atoms with van der Waals surface area (Å²) in [6, 6.07) is 0. The molecule has 0 aromatic rings. The van der Waals surface area contributed by atoms with Gasteiger partial charge in [0.15, 0.2) is 0 Å². The van der Waals surface area contributed by atoms with Crippen LogP contribution in [0.25, 0.3) is 0 Å². The van der Waals surface area contributed by atoms with E-state index in [-0.39, 0.29) is 10.8 Å². The summed E-state index contributed by atoms with van der Waals surface area (Å²) in [6.07, 6.45) is 44.8. The summed E-state index contributed by atoms with van der Waals surface area (Å²) in [5, 5.41) is 0. The number of hydrogen-bond acceptors (Lipinski definition) is 4. The molecule has 0 amide bonds. The summed E-state index contributed by atoms with van der Waals surface area (Å²) >= 11 is 0. The topological polar surface area (TPSA) is 36.9 Å². The maximum absolute atomic E-state index is 6.21. The van der Waals surface area contributed by atoms with Crippen LogP contribution in [0.1, 0.15) is 288 Å². The Labute approximate surface area is 369 Å². The van der Waals surface area contributed by atoms with E-state index in [9.17, 15) is 0 Å². The third-order valence-electron chi connectivity index (χ3n) is 11.7. The van der Waals surface area contributed by atoms with Gasteiger partial charge < -0.3 is 18.9 Å². The lowest BCUT2D eigenvalue weighted by Crippen LogP contribution is -2.33. The quantitative estimate of drug-likeness (QED) is 0.0573. The van der Waals surface area contributed by atoms with Crippen molar-refractivity contribution in [1.29, 1.82) is 0 Å². The minimum atomic E-state index is 0.201. The fourth-order valence-electron chi connectivity index (χ4n) is 7.53. The van der Waals surface area contributed by atoms with E-state index < -0.39 is 0 Å². The first-order valence-electron chi connectivity index (χ1n) is 26.6. The SMILES string of the molecule is CCCCCCC(C)(COCCCCC)COCCCCC.CCCCCCC(CCCCCC)(COCCCCC)COCCCCC.CCCCCCCCC. The van der Waals surface area contributed by atoms with Gasteiger partial charge in [-0.1, -0.05) is 243 Å². The number of hydrogen-bond donors (Lipinski definition) is 0. The summed E-state index contributed by atoms with van der Waals surface area (Å²) in [5.74, 6) is 0. The number of unbranched alkanes of at least 4 members (excludes halogenated alkanes) is 23. The van der Waals surface area contributed by atoms with E-state index in [1.807, 2.05) is 0 Å². The Morgan fingerprint density at radius 1 is 0.241 bits per heavy atom. The lowest BCUT2D eigenvalue weighted by atomic mass is 9.79. The summed E-state index contributed by atoms with van der Waals surface area (Å²) < 4.78 is 24.3. The van der Waals surface area contributed by atoms with Gasteiger partial charge in [-0.15, -0.1) is 0 Å². The van der Waals surface area contributed by atoms with E-state index in [2.05, 4.69) is 69.2 Å². The summed E-state index contributed by atoms with van der Waals surface area (Å²) in [5.41, 5.74) is 0.450. The lowest BCUT2D eigenvalue weighted by molar-refractivity contribution is -0.0361. The highest BCUT2D eigenvalue weighted by Crippen LogP contribution is 2.33. The summed E-state index contributed by atoms with van der Waals surface area (Å²) in [6.45, 7) is 29.9. The first-order valence-corrected chi connectivity index (χ1v) is 26.6. The Morgan fingerprint density at radius 3 is 0.759 bits per heavy atom. The molecule has 354 valence electrons. The second kappa shape index (κ2) is 53.0. The Kier molecular flexibility index (Phi) is 56.8. The zero-order valence-electron chi connectivity index (χ0n) is 42.3. The lowest BCUT2D eigenvalue weighted by Gasteiger charge is -2.34. The smallest absolute Gasteiger partial charge is 0.0544 e. The van der Waals surface area contributed by atoms with Gasteiger partial charge >= 0.3 is 0 Å². The molecule has 0 rings (SSSR count). The number of ether oxygens (including phenoxy) is 4. The van der Waals surface area contributed by atoms with E-state index in [0.29, 0.717) is 0 Å². The van der Waals surface area contributed by atoms with Crippen molar-refractivity contribution in [2.45, 2.75) is 288 Å². The second-order valence-corrected chi connectivity index (χ2v) is 18.5. The maximum Gasteiger partial charge on any atom is 0.0544 e. The molecule has 0 atom stereocenters. The minimum Gasteiger partial charge on any atom is -0.381 e. The van der Waals surface area contributed by atoms with Crippen LogP contribution in [0.15, 0.2) is 0 Å². The summed E-state index contributed by atoms with van der Waals surface area (Å²) in [7, 11) is 0. The molecule has 0 heterocycles. The number of rotatable bonds is 45. The minimum absolute atomic E-state index is 0.201. The van der Waals surface area contributed by atoms with Gasteiger partial charge in [-0.05, 0) is 44.9 Å².